The zero-order valence-corrected chi connectivity index (χ0v) is 14.3. The van der Waals surface area contributed by atoms with Crippen molar-refractivity contribution in [3.63, 3.8) is 0 Å². The fraction of sp³-hybridized carbons (Fsp3) is 0.188. The number of carbonyl (C=O) groups excluding carboxylic acids is 1. The molecule has 0 aliphatic rings. The highest BCUT2D eigenvalue weighted by atomic mass is 79.9. The predicted molar refractivity (Wildman–Crippen MR) is 94.2 cm³/mol. The molecule has 110 valence electrons. The summed E-state index contributed by atoms with van der Waals surface area (Å²) < 4.78 is 1.03. The summed E-state index contributed by atoms with van der Waals surface area (Å²) in [5.74, 6) is -0.0624. The van der Waals surface area contributed by atoms with E-state index in [1.165, 1.54) is 0 Å². The van der Waals surface area contributed by atoms with Crippen LogP contribution in [0, 0.1) is 6.92 Å². The van der Waals surface area contributed by atoms with E-state index >= 15 is 0 Å². The van der Waals surface area contributed by atoms with Crippen molar-refractivity contribution in [1.82, 2.24) is 0 Å². The quantitative estimate of drug-likeness (QED) is 0.765. The van der Waals surface area contributed by atoms with Gasteiger partial charge in [-0.1, -0.05) is 28.1 Å². The number of hydrogen-bond acceptors (Lipinski definition) is 3. The van der Waals surface area contributed by atoms with Gasteiger partial charge in [0, 0.05) is 20.7 Å². The fourth-order valence-electron chi connectivity index (χ4n) is 1.89. The Morgan fingerprint density at radius 3 is 2.71 bits per heavy atom. The molecule has 2 N–H and O–H groups in total. The van der Waals surface area contributed by atoms with Crippen LogP contribution in [0.3, 0.4) is 0 Å². The summed E-state index contributed by atoms with van der Waals surface area (Å²) in [5.41, 5.74) is 2.88. The van der Waals surface area contributed by atoms with Crippen molar-refractivity contribution in [1.29, 1.82) is 0 Å². The number of anilines is 2. The number of nitrogens with one attached hydrogen (secondary N) is 2. The van der Waals surface area contributed by atoms with Gasteiger partial charge >= 0.3 is 0 Å². The Morgan fingerprint density at radius 1 is 1.24 bits per heavy atom. The lowest BCUT2D eigenvalue weighted by Gasteiger charge is -2.11. The van der Waals surface area contributed by atoms with Crippen LogP contribution >= 0.6 is 27.7 Å². The third kappa shape index (κ3) is 4.51. The number of thioether (sulfide) groups is 1. The van der Waals surface area contributed by atoms with E-state index in [9.17, 15) is 4.79 Å². The Morgan fingerprint density at radius 2 is 2.00 bits per heavy atom. The second-order valence-electron chi connectivity index (χ2n) is 4.57. The minimum atomic E-state index is -0.0624. The van der Waals surface area contributed by atoms with E-state index in [1.807, 2.05) is 55.6 Å². The maximum Gasteiger partial charge on any atom is 0.243 e. The van der Waals surface area contributed by atoms with Crippen LogP contribution < -0.4 is 10.6 Å². The predicted octanol–water partition coefficient (Wildman–Crippen LogP) is 4.53. The Labute approximate surface area is 137 Å². The smallest absolute Gasteiger partial charge is 0.243 e. The molecule has 1 amide bonds. The van der Waals surface area contributed by atoms with Gasteiger partial charge in [-0.05, 0) is 49.1 Å². The van der Waals surface area contributed by atoms with Crippen molar-refractivity contribution in [2.45, 2.75) is 11.8 Å². The van der Waals surface area contributed by atoms with E-state index in [1.54, 1.807) is 11.8 Å². The van der Waals surface area contributed by atoms with Gasteiger partial charge in [0.05, 0.1) is 6.54 Å². The fourth-order valence-corrected chi connectivity index (χ4v) is 2.72. The van der Waals surface area contributed by atoms with Crippen molar-refractivity contribution in [3.8, 4) is 0 Å². The van der Waals surface area contributed by atoms with E-state index in [0.717, 1.165) is 26.3 Å². The molecule has 3 nitrogen and oxygen atoms in total. The summed E-state index contributed by atoms with van der Waals surface area (Å²) in [4.78, 5) is 13.1. The number of carbonyl (C=O) groups is 1. The van der Waals surface area contributed by atoms with Crippen molar-refractivity contribution < 1.29 is 4.79 Å². The summed E-state index contributed by atoms with van der Waals surface area (Å²) >= 11 is 5.10. The lowest BCUT2D eigenvalue weighted by Crippen LogP contribution is -2.22. The summed E-state index contributed by atoms with van der Waals surface area (Å²) in [7, 11) is 0. The van der Waals surface area contributed by atoms with E-state index in [2.05, 4.69) is 26.6 Å². The lowest BCUT2D eigenvalue weighted by molar-refractivity contribution is -0.114. The highest BCUT2D eigenvalue weighted by molar-refractivity contribution is 9.10. The largest absolute Gasteiger partial charge is 0.375 e. The molecule has 0 saturated carbocycles. The molecule has 0 aliphatic carbocycles. The van der Waals surface area contributed by atoms with E-state index in [4.69, 9.17) is 0 Å². The molecule has 21 heavy (non-hydrogen) atoms. The highest BCUT2D eigenvalue weighted by Gasteiger charge is 2.05. The summed E-state index contributed by atoms with van der Waals surface area (Å²) in [5, 5.41) is 6.06. The van der Waals surface area contributed by atoms with Gasteiger partial charge in [-0.15, -0.1) is 11.8 Å². The van der Waals surface area contributed by atoms with Crippen LogP contribution in [-0.2, 0) is 4.79 Å². The number of para-hydroxylation sites is 1. The van der Waals surface area contributed by atoms with Crippen molar-refractivity contribution in [2.75, 3.05) is 23.4 Å². The monoisotopic (exact) mass is 364 g/mol. The third-order valence-electron chi connectivity index (χ3n) is 2.99. The molecule has 5 heteroatoms. The highest BCUT2D eigenvalue weighted by Crippen LogP contribution is 2.24. The number of hydrogen-bond donors (Lipinski definition) is 2. The van der Waals surface area contributed by atoms with Crippen LogP contribution in [0.15, 0.2) is 51.8 Å². The molecule has 0 fully saturated rings. The molecule has 0 spiro atoms. The first-order valence-corrected chi connectivity index (χ1v) is 8.55. The van der Waals surface area contributed by atoms with E-state index in [-0.39, 0.29) is 12.5 Å². The van der Waals surface area contributed by atoms with Gasteiger partial charge in [0.1, 0.15) is 0 Å². The molecule has 2 aromatic carbocycles. The molecule has 2 aromatic rings. The van der Waals surface area contributed by atoms with Crippen LogP contribution in [0.2, 0.25) is 0 Å². The standard InChI is InChI=1S/C16H17BrN2OS/c1-11-9-12(7-8-13(11)17)19-16(20)10-18-14-5-3-4-6-15(14)21-2/h3-9,18H,10H2,1-2H3,(H,19,20). The lowest BCUT2D eigenvalue weighted by atomic mass is 10.2. The molecular formula is C16H17BrN2OS. The first-order chi connectivity index (χ1) is 10.1. The normalized spacial score (nSPS) is 10.2. The Bertz CT molecular complexity index is 646. The van der Waals surface area contributed by atoms with Crippen LogP contribution in [-0.4, -0.2) is 18.7 Å². The Kier molecular flexibility index (Phi) is 5.70. The van der Waals surface area contributed by atoms with E-state index in [0.29, 0.717) is 0 Å². The zero-order chi connectivity index (χ0) is 15.2. The van der Waals surface area contributed by atoms with Gasteiger partial charge in [-0.2, -0.15) is 0 Å². The summed E-state index contributed by atoms with van der Waals surface area (Å²) in [6, 6.07) is 13.7. The molecule has 0 saturated heterocycles. The number of halogens is 1. The van der Waals surface area contributed by atoms with Crippen LogP contribution in [0.4, 0.5) is 11.4 Å². The molecule has 0 atom stereocenters. The van der Waals surface area contributed by atoms with Crippen LogP contribution in [0.1, 0.15) is 5.56 Å². The molecule has 2 rings (SSSR count). The molecular weight excluding hydrogens is 348 g/mol. The minimum absolute atomic E-state index is 0.0624. The molecule has 0 aliphatic heterocycles. The minimum Gasteiger partial charge on any atom is -0.375 e. The average Bonchev–Trinajstić information content (AvgIpc) is 2.49. The number of rotatable bonds is 5. The second kappa shape index (κ2) is 7.52. The number of aryl methyl sites for hydroxylation is 1. The summed E-state index contributed by atoms with van der Waals surface area (Å²) in [6.07, 6.45) is 2.02. The van der Waals surface area contributed by atoms with Crippen LogP contribution in [0.25, 0.3) is 0 Å². The molecule has 0 bridgehead atoms. The van der Waals surface area contributed by atoms with Gasteiger partial charge in [0.2, 0.25) is 5.91 Å². The van der Waals surface area contributed by atoms with Gasteiger partial charge in [-0.3, -0.25) is 4.79 Å². The molecule has 0 heterocycles. The zero-order valence-electron chi connectivity index (χ0n) is 11.9. The molecule has 0 radical (unpaired) electrons. The second-order valence-corrected chi connectivity index (χ2v) is 6.27. The van der Waals surface area contributed by atoms with Gasteiger partial charge in [0.15, 0.2) is 0 Å². The van der Waals surface area contributed by atoms with Gasteiger partial charge in [0.25, 0.3) is 0 Å². The van der Waals surface area contributed by atoms with Crippen LogP contribution in [0.5, 0.6) is 0 Å². The molecule has 0 aromatic heterocycles. The van der Waals surface area contributed by atoms with E-state index < -0.39 is 0 Å². The topological polar surface area (TPSA) is 41.1 Å². The van der Waals surface area contributed by atoms with Gasteiger partial charge < -0.3 is 10.6 Å². The summed E-state index contributed by atoms with van der Waals surface area (Å²) in [6.45, 7) is 2.24. The SMILES string of the molecule is CSc1ccccc1NCC(=O)Nc1ccc(Br)c(C)c1. The third-order valence-corrected chi connectivity index (χ3v) is 4.67. The van der Waals surface area contributed by atoms with Crippen molar-refractivity contribution in [2.24, 2.45) is 0 Å². The van der Waals surface area contributed by atoms with Crippen molar-refractivity contribution >= 4 is 45.0 Å². The average molecular weight is 365 g/mol. The van der Waals surface area contributed by atoms with Gasteiger partial charge in [-0.25, -0.2) is 0 Å². The number of benzene rings is 2. The maximum absolute atomic E-state index is 12.0. The number of amides is 1. The Balaban J connectivity index is 1.94. The first kappa shape index (κ1) is 15.9. The van der Waals surface area contributed by atoms with Crippen molar-refractivity contribution in [3.05, 3.63) is 52.5 Å². The molecule has 0 unspecified atom stereocenters. The first-order valence-electron chi connectivity index (χ1n) is 6.53. The maximum atomic E-state index is 12.0. The Hall–Kier alpha value is -1.46.